The molecule has 87 heavy (non-hydrogen) atoms. The molecular weight excluding hydrogens is 1140 g/mol. The van der Waals surface area contributed by atoms with Gasteiger partial charge in [-0.3, -0.25) is 19.2 Å². The van der Waals surface area contributed by atoms with E-state index in [1.165, 1.54) is 27.4 Å². The van der Waals surface area contributed by atoms with E-state index in [2.05, 4.69) is 0 Å². The van der Waals surface area contributed by atoms with E-state index in [1.54, 1.807) is 27.7 Å². The number of hydrogen-bond acceptors (Lipinski definition) is 23. The van der Waals surface area contributed by atoms with Gasteiger partial charge in [0.25, 0.3) is 11.7 Å². The van der Waals surface area contributed by atoms with Crippen LogP contribution in [-0.4, -0.2) is 237 Å². The summed E-state index contributed by atoms with van der Waals surface area (Å²) in [5.74, 6) is -9.66. The van der Waals surface area contributed by atoms with Crippen LogP contribution in [0.3, 0.4) is 0 Å². The van der Waals surface area contributed by atoms with E-state index in [0.717, 1.165) is 10.5 Å². The van der Waals surface area contributed by atoms with E-state index in [4.69, 9.17) is 42.6 Å². The second-order valence-corrected chi connectivity index (χ2v) is 25.2. The summed E-state index contributed by atoms with van der Waals surface area (Å²) in [6.45, 7) is 10.7. The van der Waals surface area contributed by atoms with Gasteiger partial charge in [0.15, 0.2) is 18.4 Å². The number of amides is 1. The normalized spacial score (nSPS) is 43.9. The van der Waals surface area contributed by atoms with Crippen LogP contribution < -0.4 is 0 Å². The van der Waals surface area contributed by atoms with E-state index < -0.39 is 182 Å². The number of aliphatic hydroxyl groups excluding tert-OH is 8. The van der Waals surface area contributed by atoms with Crippen LogP contribution in [0.15, 0.2) is 47.6 Å². The van der Waals surface area contributed by atoms with Gasteiger partial charge in [-0.05, 0) is 107 Å². The van der Waals surface area contributed by atoms with Crippen molar-refractivity contribution in [1.29, 1.82) is 0 Å². The molecule has 5 aliphatic heterocycles. The summed E-state index contributed by atoms with van der Waals surface area (Å²) < 4.78 is 53.6. The van der Waals surface area contributed by atoms with E-state index in [1.807, 2.05) is 51.2 Å². The maximum Gasteiger partial charge on any atom is 0.329 e. The minimum atomic E-state index is -2.51. The van der Waals surface area contributed by atoms with Gasteiger partial charge in [-0.25, -0.2) is 4.79 Å². The number of carbonyl (C=O) groups excluding carboxylic acids is 5. The number of ether oxygens (including phenoxy) is 9. The number of rotatable bonds is 12. The molecule has 0 aromatic rings. The smallest absolute Gasteiger partial charge is 0.329 e. The topological polar surface area (TPSA) is 354 Å². The number of hydrogen-bond donors (Lipinski definition) is 9. The van der Waals surface area contributed by atoms with Crippen molar-refractivity contribution in [1.82, 2.24) is 4.90 Å². The zero-order valence-corrected chi connectivity index (χ0v) is 52.1. The number of allylic oxidation sites excluding steroid dienone is 6. The molecule has 1 amide bonds. The van der Waals surface area contributed by atoms with Gasteiger partial charge < -0.3 is 93.5 Å². The van der Waals surface area contributed by atoms with Crippen LogP contribution in [0.4, 0.5) is 0 Å². The number of aliphatic hydroxyl groups is 9. The third-order valence-electron chi connectivity index (χ3n) is 18.7. The molecule has 5 fully saturated rings. The van der Waals surface area contributed by atoms with Gasteiger partial charge in [0, 0.05) is 58.5 Å². The lowest BCUT2D eigenvalue weighted by atomic mass is 9.78. The molecular formula is C63H99NO23. The van der Waals surface area contributed by atoms with Crippen LogP contribution in [0, 0.1) is 35.5 Å². The number of piperidine rings is 1. The van der Waals surface area contributed by atoms with Gasteiger partial charge in [0.2, 0.25) is 5.79 Å². The van der Waals surface area contributed by atoms with Gasteiger partial charge >= 0.3 is 5.97 Å². The first-order chi connectivity index (χ1) is 41.2. The van der Waals surface area contributed by atoms with Crippen molar-refractivity contribution in [2.24, 2.45) is 35.5 Å². The van der Waals surface area contributed by atoms with Crippen LogP contribution in [0.2, 0.25) is 0 Å². The second-order valence-electron chi connectivity index (χ2n) is 25.2. The molecule has 2 bridgehead atoms. The fraction of sp³-hybridized carbons (Fsp3) is 0.794. The van der Waals surface area contributed by atoms with Gasteiger partial charge in [0.1, 0.15) is 79.0 Å². The number of cyclic esters (lactones) is 1. The first-order valence-corrected chi connectivity index (χ1v) is 31.0. The standard InChI is InChI=1S/C63H99NO23/c1-32-16-12-11-13-17-33(2)44(79-8)28-40-21-19-38(7)63(78,87-40)58(75)59(76)64-23-15-14-18-41(64)60(77)83-45(35(4)26-39-20-22-42(66)46(27-39)80-9)29-43(67)34(3)25-37(6)56(57(81-10)49(68)36(5)24-32)86-62-55(74)53(72)51(70)48(85-62)31-82-61-54(73)52(71)50(69)47(30-65)84-61/h11-13,16-17,25,32,34-36,38-42,44-48,50-57,61-62,65-66,69-74,78H,14-15,18-24,26-31H2,1-10H3/b13-11+,16-12-,33-17+,37-25+/t32-,34-,35-,36-,38-,39?,40+,41?,42-,44+,45+,46-,47+,48+,50+,51+,52-,53-,54+,55+,56-,57+,61?,62?,63-/m1/s1. The molecule has 0 radical (unpaired) electrons. The van der Waals surface area contributed by atoms with Crippen LogP contribution in [0.1, 0.15) is 126 Å². The minimum absolute atomic E-state index is 0.00148. The molecule has 0 spiro atoms. The summed E-state index contributed by atoms with van der Waals surface area (Å²) in [6.07, 6.45) is -8.81. The van der Waals surface area contributed by atoms with Crippen LogP contribution in [-0.2, 0) is 66.6 Å². The fourth-order valence-corrected chi connectivity index (χ4v) is 13.0. The largest absolute Gasteiger partial charge is 0.460 e. The predicted octanol–water partition coefficient (Wildman–Crippen LogP) is 1.83. The Balaban J connectivity index is 1.36. The van der Waals surface area contributed by atoms with E-state index in [-0.39, 0.29) is 43.2 Å². The number of Topliss-reactive ketones (excluding diaryl/α,β-unsaturated/α-hetero) is 3. The summed E-state index contributed by atoms with van der Waals surface area (Å²) in [4.78, 5) is 74.3. The van der Waals surface area contributed by atoms with Crippen molar-refractivity contribution in [3.05, 3.63) is 47.6 Å². The van der Waals surface area contributed by atoms with Crippen molar-refractivity contribution in [3.8, 4) is 0 Å². The molecule has 1 aliphatic carbocycles. The molecule has 0 aromatic carbocycles. The third kappa shape index (κ3) is 18.1. The van der Waals surface area contributed by atoms with Crippen LogP contribution in [0.5, 0.6) is 0 Å². The molecule has 24 nitrogen and oxygen atoms in total. The van der Waals surface area contributed by atoms with Gasteiger partial charge in [-0.2, -0.15) is 0 Å². The highest BCUT2D eigenvalue weighted by atomic mass is 16.7. The maximum absolute atomic E-state index is 14.8. The highest BCUT2D eigenvalue weighted by Crippen LogP contribution is 2.39. The van der Waals surface area contributed by atoms with Crippen molar-refractivity contribution in [3.63, 3.8) is 0 Å². The number of ketones is 3. The Bertz CT molecular complexity index is 2400. The Hall–Kier alpha value is -3.77. The molecule has 1 saturated carbocycles. The molecule has 24 heteroatoms. The Morgan fingerprint density at radius 3 is 2.07 bits per heavy atom. The lowest BCUT2D eigenvalue weighted by molar-refractivity contribution is -0.336. The predicted molar refractivity (Wildman–Crippen MR) is 310 cm³/mol. The average Bonchev–Trinajstić information content (AvgIpc) is 2.56. The molecule has 4 unspecified atom stereocenters. The zero-order valence-electron chi connectivity index (χ0n) is 52.1. The van der Waals surface area contributed by atoms with Crippen molar-refractivity contribution in [2.45, 2.75) is 241 Å². The average molecular weight is 1240 g/mol. The Labute approximate surface area is 510 Å². The number of carbonyl (C=O) groups is 5. The van der Waals surface area contributed by atoms with Crippen molar-refractivity contribution < 1.29 is 113 Å². The molecule has 6 aliphatic rings. The zero-order chi connectivity index (χ0) is 64.2. The SMILES string of the molecule is CO[C@H]1C[C@@H]2CC[C@@H](C)[C@@](O)(O2)C(=O)C(=O)N2CCCCC2C(=O)O[C@H]([C@H](C)CC2CC[C@@H](O)[C@H](OC)C2)CC(=O)[C@H](C)/C=C(\C)[C@@H](OC2O[C@@H](COC3O[C@@H](CO)[C@H](O)[C@@H](O)[C@@H]3O)[C@H](O)[C@@H](O)[C@@H]2O)[C@@H](OC)C(=O)[C@H](C)C[C@H](C)\C=C/C=C/C=C/1C. The second kappa shape index (κ2) is 33.0. The Kier molecular flexibility index (Phi) is 27.4. The van der Waals surface area contributed by atoms with Crippen LogP contribution in [0.25, 0.3) is 0 Å². The Morgan fingerprint density at radius 1 is 0.724 bits per heavy atom. The van der Waals surface area contributed by atoms with Crippen LogP contribution >= 0.6 is 0 Å². The molecule has 0 aromatic heterocycles. The van der Waals surface area contributed by atoms with Gasteiger partial charge in [-0.1, -0.05) is 71.1 Å². The highest BCUT2D eigenvalue weighted by molar-refractivity contribution is 6.39. The molecule has 494 valence electrons. The summed E-state index contributed by atoms with van der Waals surface area (Å²) in [5.41, 5.74) is 1.04. The summed E-state index contributed by atoms with van der Waals surface area (Å²) in [7, 11) is 4.34. The summed E-state index contributed by atoms with van der Waals surface area (Å²) in [5, 5.41) is 97.6. The molecule has 25 atom stereocenters. The molecule has 4 saturated heterocycles. The minimum Gasteiger partial charge on any atom is -0.460 e. The van der Waals surface area contributed by atoms with Gasteiger partial charge in [-0.15, -0.1) is 0 Å². The maximum atomic E-state index is 14.8. The van der Waals surface area contributed by atoms with E-state index in [0.29, 0.717) is 57.8 Å². The number of fused-ring (bicyclic) bond motifs is 3. The highest BCUT2D eigenvalue weighted by Gasteiger charge is 2.54. The number of esters is 1. The number of nitrogens with zero attached hydrogens (tertiary/aromatic N) is 1. The van der Waals surface area contributed by atoms with E-state index in [9.17, 15) is 69.9 Å². The van der Waals surface area contributed by atoms with Crippen molar-refractivity contribution >= 4 is 29.2 Å². The lowest BCUT2D eigenvalue weighted by Crippen LogP contribution is -2.62. The van der Waals surface area contributed by atoms with Crippen molar-refractivity contribution in [2.75, 3.05) is 41.1 Å². The fourth-order valence-electron chi connectivity index (χ4n) is 13.0. The first kappa shape index (κ1) is 72.3. The lowest BCUT2D eigenvalue weighted by Gasteiger charge is -2.43. The first-order valence-electron chi connectivity index (χ1n) is 31.0. The summed E-state index contributed by atoms with van der Waals surface area (Å²) in [6, 6.07) is -1.26. The summed E-state index contributed by atoms with van der Waals surface area (Å²) >= 11 is 0. The third-order valence-corrected chi connectivity index (χ3v) is 18.7. The quantitative estimate of drug-likeness (QED) is 0.0764. The van der Waals surface area contributed by atoms with E-state index >= 15 is 0 Å². The van der Waals surface area contributed by atoms with Gasteiger partial charge in [0.05, 0.1) is 37.6 Å². The monoisotopic (exact) mass is 1240 g/mol. The molecule has 6 rings (SSSR count). The number of methoxy groups -OCH3 is 3. The Morgan fingerprint density at radius 2 is 1.40 bits per heavy atom. The molecule has 9 N–H and O–H groups in total. The molecule has 5 heterocycles.